The third-order valence-electron chi connectivity index (χ3n) is 3.07. The van der Waals surface area contributed by atoms with Crippen LogP contribution in [0.15, 0.2) is 17.3 Å². The first-order chi connectivity index (χ1) is 8.63. The van der Waals surface area contributed by atoms with Gasteiger partial charge in [-0.15, -0.1) is 0 Å². The zero-order valence-corrected chi connectivity index (χ0v) is 11.1. The van der Waals surface area contributed by atoms with Crippen molar-refractivity contribution < 1.29 is 0 Å². The smallest absolute Gasteiger partial charge is 0.264 e. The van der Waals surface area contributed by atoms with Crippen LogP contribution in [0.25, 0.3) is 11.0 Å². The van der Waals surface area contributed by atoms with E-state index in [0.29, 0.717) is 23.6 Å². The van der Waals surface area contributed by atoms with Gasteiger partial charge in [-0.3, -0.25) is 14.0 Å². The van der Waals surface area contributed by atoms with Crippen LogP contribution in [-0.2, 0) is 13.6 Å². The highest BCUT2D eigenvalue weighted by molar-refractivity contribution is 5.72. The van der Waals surface area contributed by atoms with E-state index in [-0.39, 0.29) is 5.56 Å². The molecule has 0 saturated heterocycles. The molecule has 18 heavy (non-hydrogen) atoms. The number of fused-ring (bicyclic) bond motifs is 1. The molecule has 0 aliphatic rings. The first-order valence-electron chi connectivity index (χ1n) is 6.24. The average molecular weight is 249 g/mol. The Labute approximate surface area is 106 Å². The first kappa shape index (κ1) is 12.8. The minimum absolute atomic E-state index is 0.0169. The number of aryl methyl sites for hydroxylation is 2. The molecule has 6 heteroatoms. The molecule has 0 bridgehead atoms. The number of nitrogens with zero attached hydrogens (tertiary/aromatic N) is 4. The Bertz CT molecular complexity index is 586. The van der Waals surface area contributed by atoms with Crippen molar-refractivity contribution in [2.45, 2.75) is 32.9 Å². The Morgan fingerprint density at radius 3 is 3.00 bits per heavy atom. The highest BCUT2D eigenvalue weighted by atomic mass is 16.1. The molecular formula is C12H19N5O. The second-order valence-electron chi connectivity index (χ2n) is 4.50. The standard InChI is InChI=1S/C12H19N5O/c1-4-13-9(2)5-6-17-8-14-11-10(12(17)18)7-15-16(11)3/h7-9,13H,4-6H2,1-3H3. The maximum absolute atomic E-state index is 12.2. The van der Waals surface area contributed by atoms with Gasteiger partial charge < -0.3 is 5.32 Å². The summed E-state index contributed by atoms with van der Waals surface area (Å²) in [5.74, 6) is 0. The van der Waals surface area contributed by atoms with Gasteiger partial charge in [-0.25, -0.2) is 4.98 Å². The number of aromatic nitrogens is 4. The Morgan fingerprint density at radius 1 is 1.50 bits per heavy atom. The number of hydrogen-bond acceptors (Lipinski definition) is 4. The molecule has 0 aromatic carbocycles. The molecule has 2 rings (SSSR count). The summed E-state index contributed by atoms with van der Waals surface area (Å²) >= 11 is 0. The fourth-order valence-corrected chi connectivity index (χ4v) is 2.01. The molecule has 1 N–H and O–H groups in total. The van der Waals surface area contributed by atoms with Crippen molar-refractivity contribution in [3.63, 3.8) is 0 Å². The third-order valence-corrected chi connectivity index (χ3v) is 3.07. The van der Waals surface area contributed by atoms with Gasteiger partial charge in [0.25, 0.3) is 5.56 Å². The molecule has 0 amide bonds. The second kappa shape index (κ2) is 5.30. The van der Waals surface area contributed by atoms with Crippen molar-refractivity contribution >= 4 is 11.0 Å². The summed E-state index contributed by atoms with van der Waals surface area (Å²) in [6, 6.07) is 0.395. The maximum Gasteiger partial charge on any atom is 0.264 e. The molecule has 2 aromatic rings. The van der Waals surface area contributed by atoms with Gasteiger partial charge in [0.2, 0.25) is 0 Å². The number of rotatable bonds is 5. The van der Waals surface area contributed by atoms with Crippen molar-refractivity contribution in [2.75, 3.05) is 6.54 Å². The lowest BCUT2D eigenvalue weighted by molar-refractivity contribution is 0.481. The van der Waals surface area contributed by atoms with E-state index in [2.05, 4.69) is 29.2 Å². The van der Waals surface area contributed by atoms with E-state index in [0.717, 1.165) is 13.0 Å². The summed E-state index contributed by atoms with van der Waals surface area (Å²) < 4.78 is 3.26. The lowest BCUT2D eigenvalue weighted by Crippen LogP contribution is -2.29. The maximum atomic E-state index is 12.2. The van der Waals surface area contributed by atoms with Crippen LogP contribution < -0.4 is 10.9 Å². The van der Waals surface area contributed by atoms with E-state index in [1.165, 1.54) is 0 Å². The average Bonchev–Trinajstić information content (AvgIpc) is 2.72. The molecule has 0 radical (unpaired) electrons. The zero-order chi connectivity index (χ0) is 13.1. The van der Waals surface area contributed by atoms with Gasteiger partial charge >= 0.3 is 0 Å². The van der Waals surface area contributed by atoms with Crippen molar-refractivity contribution in [3.05, 3.63) is 22.9 Å². The molecule has 2 heterocycles. The SMILES string of the molecule is CCNC(C)CCn1cnc2c(cnn2C)c1=O. The monoisotopic (exact) mass is 249 g/mol. The van der Waals surface area contributed by atoms with E-state index < -0.39 is 0 Å². The van der Waals surface area contributed by atoms with Gasteiger partial charge in [-0.2, -0.15) is 5.10 Å². The fraction of sp³-hybridized carbons (Fsp3) is 0.583. The molecule has 98 valence electrons. The quantitative estimate of drug-likeness (QED) is 0.839. The summed E-state index contributed by atoms with van der Waals surface area (Å²) in [4.78, 5) is 16.4. The summed E-state index contributed by atoms with van der Waals surface area (Å²) in [6.45, 7) is 5.80. The van der Waals surface area contributed by atoms with Gasteiger partial charge in [-0.05, 0) is 19.9 Å². The van der Waals surface area contributed by atoms with Gasteiger partial charge in [0.15, 0.2) is 5.65 Å². The van der Waals surface area contributed by atoms with Crippen LogP contribution in [-0.4, -0.2) is 31.9 Å². The topological polar surface area (TPSA) is 64.7 Å². The molecule has 6 nitrogen and oxygen atoms in total. The predicted octanol–water partition coefficient (Wildman–Crippen LogP) is 0.518. The summed E-state index contributed by atoms with van der Waals surface area (Å²) in [5, 5.41) is 7.95. The van der Waals surface area contributed by atoms with Crippen LogP contribution in [0.4, 0.5) is 0 Å². The van der Waals surface area contributed by atoms with Crippen LogP contribution in [0.5, 0.6) is 0 Å². The lowest BCUT2D eigenvalue weighted by Gasteiger charge is -2.12. The second-order valence-corrected chi connectivity index (χ2v) is 4.50. The number of nitrogens with one attached hydrogen (secondary N) is 1. The largest absolute Gasteiger partial charge is 0.314 e. The first-order valence-corrected chi connectivity index (χ1v) is 6.24. The van der Waals surface area contributed by atoms with Crippen LogP contribution in [0, 0.1) is 0 Å². The van der Waals surface area contributed by atoms with E-state index in [1.807, 2.05) is 0 Å². The van der Waals surface area contributed by atoms with Gasteiger partial charge in [-0.1, -0.05) is 6.92 Å². The van der Waals surface area contributed by atoms with Crippen LogP contribution in [0.2, 0.25) is 0 Å². The predicted molar refractivity (Wildman–Crippen MR) is 70.5 cm³/mol. The summed E-state index contributed by atoms with van der Waals surface area (Å²) in [7, 11) is 1.78. The van der Waals surface area contributed by atoms with E-state index in [1.54, 1.807) is 28.8 Å². The Morgan fingerprint density at radius 2 is 2.28 bits per heavy atom. The highest BCUT2D eigenvalue weighted by Crippen LogP contribution is 2.03. The Kier molecular flexibility index (Phi) is 3.76. The van der Waals surface area contributed by atoms with Crippen molar-refractivity contribution in [1.29, 1.82) is 0 Å². The van der Waals surface area contributed by atoms with Gasteiger partial charge in [0.05, 0.1) is 12.5 Å². The molecule has 1 atom stereocenters. The number of hydrogen-bond donors (Lipinski definition) is 1. The van der Waals surface area contributed by atoms with Gasteiger partial charge in [0, 0.05) is 19.6 Å². The summed E-state index contributed by atoms with van der Waals surface area (Å²) in [6.07, 6.45) is 4.08. The van der Waals surface area contributed by atoms with Gasteiger partial charge in [0.1, 0.15) is 5.39 Å². The Hall–Kier alpha value is -1.69. The van der Waals surface area contributed by atoms with E-state index in [4.69, 9.17) is 0 Å². The summed E-state index contributed by atoms with van der Waals surface area (Å²) in [5.41, 5.74) is 0.618. The van der Waals surface area contributed by atoms with Crippen molar-refractivity contribution in [3.8, 4) is 0 Å². The molecule has 0 saturated carbocycles. The molecule has 0 aliphatic heterocycles. The Balaban J connectivity index is 2.19. The minimum atomic E-state index is -0.0169. The highest BCUT2D eigenvalue weighted by Gasteiger charge is 2.08. The normalized spacial score (nSPS) is 13.1. The molecular weight excluding hydrogens is 230 g/mol. The molecule has 2 aromatic heterocycles. The molecule has 1 unspecified atom stereocenters. The van der Waals surface area contributed by atoms with E-state index in [9.17, 15) is 4.79 Å². The molecule has 0 fully saturated rings. The molecule has 0 spiro atoms. The van der Waals surface area contributed by atoms with Crippen LogP contribution in [0.3, 0.4) is 0 Å². The zero-order valence-electron chi connectivity index (χ0n) is 11.1. The van der Waals surface area contributed by atoms with Crippen molar-refractivity contribution in [1.82, 2.24) is 24.6 Å². The minimum Gasteiger partial charge on any atom is -0.314 e. The lowest BCUT2D eigenvalue weighted by atomic mass is 10.2. The fourth-order valence-electron chi connectivity index (χ4n) is 2.01. The van der Waals surface area contributed by atoms with Crippen LogP contribution >= 0.6 is 0 Å². The van der Waals surface area contributed by atoms with Crippen LogP contribution in [0.1, 0.15) is 20.3 Å². The molecule has 0 aliphatic carbocycles. The third kappa shape index (κ3) is 2.43. The van der Waals surface area contributed by atoms with Crippen molar-refractivity contribution in [2.24, 2.45) is 7.05 Å². The van der Waals surface area contributed by atoms with E-state index >= 15 is 0 Å².